The first-order chi connectivity index (χ1) is 8.20. The number of amides is 1. The fraction of sp³-hybridized carbons (Fsp3) is 0.929. The Labute approximate surface area is 111 Å². The SMILES string of the molecule is CC(CCNC(=O)CC(C)(C)O)CCOC(C)C. The van der Waals surface area contributed by atoms with E-state index in [4.69, 9.17) is 4.74 Å². The van der Waals surface area contributed by atoms with E-state index in [-0.39, 0.29) is 18.4 Å². The molecule has 0 spiro atoms. The maximum atomic E-state index is 11.4. The average Bonchev–Trinajstić information content (AvgIpc) is 2.13. The Bertz CT molecular complexity index is 234. The number of carbonyl (C=O) groups excluding carboxylic acids is 1. The van der Waals surface area contributed by atoms with Crippen molar-refractivity contribution in [1.29, 1.82) is 0 Å². The van der Waals surface area contributed by atoms with Crippen molar-refractivity contribution in [2.45, 2.75) is 65.6 Å². The second-order valence-corrected chi connectivity index (χ2v) is 5.94. The van der Waals surface area contributed by atoms with Crippen LogP contribution in [-0.4, -0.2) is 35.9 Å². The lowest BCUT2D eigenvalue weighted by molar-refractivity contribution is -0.124. The molecule has 1 amide bonds. The van der Waals surface area contributed by atoms with Crippen LogP contribution >= 0.6 is 0 Å². The van der Waals surface area contributed by atoms with Crippen LogP contribution in [0.15, 0.2) is 0 Å². The summed E-state index contributed by atoms with van der Waals surface area (Å²) in [5, 5.41) is 12.3. The second-order valence-electron chi connectivity index (χ2n) is 5.94. The van der Waals surface area contributed by atoms with Crippen LogP contribution in [0.1, 0.15) is 53.9 Å². The lowest BCUT2D eigenvalue weighted by Gasteiger charge is -2.17. The van der Waals surface area contributed by atoms with Crippen molar-refractivity contribution in [2.24, 2.45) is 5.92 Å². The van der Waals surface area contributed by atoms with Crippen molar-refractivity contribution in [1.82, 2.24) is 5.32 Å². The van der Waals surface area contributed by atoms with E-state index in [9.17, 15) is 9.90 Å². The van der Waals surface area contributed by atoms with Crippen LogP contribution in [0.2, 0.25) is 0 Å². The third-order valence-corrected chi connectivity index (χ3v) is 2.61. The molecule has 0 aliphatic carbocycles. The van der Waals surface area contributed by atoms with Crippen LogP contribution < -0.4 is 5.32 Å². The highest BCUT2D eigenvalue weighted by Crippen LogP contribution is 2.09. The summed E-state index contributed by atoms with van der Waals surface area (Å²) in [5.41, 5.74) is -0.930. The first kappa shape index (κ1) is 17.4. The predicted octanol–water partition coefficient (Wildman–Crippen LogP) is 2.10. The first-order valence-corrected chi connectivity index (χ1v) is 6.81. The molecule has 18 heavy (non-hydrogen) atoms. The van der Waals surface area contributed by atoms with E-state index >= 15 is 0 Å². The zero-order valence-electron chi connectivity index (χ0n) is 12.5. The van der Waals surface area contributed by atoms with Crippen LogP contribution in [-0.2, 0) is 9.53 Å². The fourth-order valence-electron chi connectivity index (χ4n) is 1.56. The van der Waals surface area contributed by atoms with E-state index in [2.05, 4.69) is 12.2 Å². The molecule has 0 radical (unpaired) electrons. The molecule has 1 atom stereocenters. The molecule has 0 aromatic heterocycles. The number of hydrogen-bond donors (Lipinski definition) is 2. The standard InChI is InChI=1S/C14H29NO3/c1-11(2)18-9-7-12(3)6-8-15-13(16)10-14(4,5)17/h11-12,17H,6-10H2,1-5H3,(H,15,16). The summed E-state index contributed by atoms with van der Waals surface area (Å²) in [6.07, 6.45) is 2.39. The summed E-state index contributed by atoms with van der Waals surface area (Å²) in [4.78, 5) is 11.4. The van der Waals surface area contributed by atoms with Crippen molar-refractivity contribution in [3.63, 3.8) is 0 Å². The largest absolute Gasteiger partial charge is 0.390 e. The first-order valence-electron chi connectivity index (χ1n) is 6.81. The van der Waals surface area contributed by atoms with Crippen LogP contribution in [0, 0.1) is 5.92 Å². The summed E-state index contributed by atoms with van der Waals surface area (Å²) in [5.74, 6) is 0.444. The van der Waals surface area contributed by atoms with Gasteiger partial charge in [-0.2, -0.15) is 0 Å². The molecule has 2 N–H and O–H groups in total. The molecule has 0 aromatic rings. The number of aliphatic hydroxyl groups is 1. The van der Waals surface area contributed by atoms with Gasteiger partial charge in [0.2, 0.25) is 5.91 Å². The van der Waals surface area contributed by atoms with E-state index in [0.717, 1.165) is 19.4 Å². The van der Waals surface area contributed by atoms with E-state index in [0.29, 0.717) is 12.5 Å². The molecule has 0 saturated heterocycles. The fourth-order valence-corrected chi connectivity index (χ4v) is 1.56. The molecule has 0 aliphatic heterocycles. The third kappa shape index (κ3) is 11.9. The minimum Gasteiger partial charge on any atom is -0.390 e. The zero-order valence-corrected chi connectivity index (χ0v) is 12.5. The molecule has 0 bridgehead atoms. The monoisotopic (exact) mass is 259 g/mol. The summed E-state index contributed by atoms with van der Waals surface area (Å²) in [6.45, 7) is 10.9. The van der Waals surface area contributed by atoms with Crippen LogP contribution in [0.4, 0.5) is 0 Å². The predicted molar refractivity (Wildman–Crippen MR) is 73.4 cm³/mol. The van der Waals surface area contributed by atoms with E-state index in [1.807, 2.05) is 13.8 Å². The van der Waals surface area contributed by atoms with Gasteiger partial charge < -0.3 is 15.2 Å². The molecule has 0 fully saturated rings. The van der Waals surface area contributed by atoms with Gasteiger partial charge in [-0.3, -0.25) is 4.79 Å². The maximum absolute atomic E-state index is 11.4. The lowest BCUT2D eigenvalue weighted by Crippen LogP contribution is -2.33. The van der Waals surface area contributed by atoms with Crippen molar-refractivity contribution >= 4 is 5.91 Å². The Hall–Kier alpha value is -0.610. The zero-order chi connectivity index (χ0) is 14.2. The highest BCUT2D eigenvalue weighted by Gasteiger charge is 2.17. The van der Waals surface area contributed by atoms with Crippen molar-refractivity contribution in [2.75, 3.05) is 13.2 Å². The molecular weight excluding hydrogens is 230 g/mol. The Morgan fingerprint density at radius 2 is 1.89 bits per heavy atom. The normalized spacial score (nSPS) is 13.7. The molecule has 0 aromatic carbocycles. The molecule has 0 heterocycles. The topological polar surface area (TPSA) is 58.6 Å². The van der Waals surface area contributed by atoms with Gasteiger partial charge in [-0.25, -0.2) is 0 Å². The summed E-state index contributed by atoms with van der Waals surface area (Å²) in [7, 11) is 0. The smallest absolute Gasteiger partial charge is 0.222 e. The summed E-state index contributed by atoms with van der Waals surface area (Å²) in [6, 6.07) is 0. The molecule has 0 rings (SSSR count). The van der Waals surface area contributed by atoms with Gasteiger partial charge in [0.15, 0.2) is 0 Å². The van der Waals surface area contributed by atoms with Gasteiger partial charge >= 0.3 is 0 Å². The van der Waals surface area contributed by atoms with Gasteiger partial charge in [0.05, 0.1) is 18.1 Å². The van der Waals surface area contributed by atoms with Gasteiger partial charge in [0, 0.05) is 13.2 Å². The minimum absolute atomic E-state index is 0.0897. The molecule has 0 saturated carbocycles. The second kappa shape index (κ2) is 8.48. The molecule has 1 unspecified atom stereocenters. The minimum atomic E-state index is -0.930. The van der Waals surface area contributed by atoms with Crippen LogP contribution in [0.25, 0.3) is 0 Å². The van der Waals surface area contributed by atoms with Crippen LogP contribution in [0.5, 0.6) is 0 Å². The number of ether oxygens (including phenoxy) is 1. The van der Waals surface area contributed by atoms with E-state index in [1.165, 1.54) is 0 Å². The maximum Gasteiger partial charge on any atom is 0.222 e. The molecule has 0 aliphatic rings. The number of hydrogen-bond acceptors (Lipinski definition) is 3. The molecular formula is C14H29NO3. The molecule has 4 heteroatoms. The summed E-state index contributed by atoms with van der Waals surface area (Å²) >= 11 is 0. The molecule has 108 valence electrons. The Morgan fingerprint density at radius 1 is 1.28 bits per heavy atom. The highest BCUT2D eigenvalue weighted by atomic mass is 16.5. The number of nitrogens with one attached hydrogen (secondary N) is 1. The van der Waals surface area contributed by atoms with Gasteiger partial charge in [-0.15, -0.1) is 0 Å². The van der Waals surface area contributed by atoms with Crippen molar-refractivity contribution in [3.05, 3.63) is 0 Å². The van der Waals surface area contributed by atoms with Crippen molar-refractivity contribution < 1.29 is 14.6 Å². The van der Waals surface area contributed by atoms with Gasteiger partial charge in [0.25, 0.3) is 0 Å². The quantitative estimate of drug-likeness (QED) is 0.666. The number of rotatable bonds is 9. The lowest BCUT2D eigenvalue weighted by atomic mass is 10.0. The van der Waals surface area contributed by atoms with E-state index < -0.39 is 5.60 Å². The summed E-state index contributed by atoms with van der Waals surface area (Å²) < 4.78 is 5.49. The Kier molecular flexibility index (Phi) is 8.20. The average molecular weight is 259 g/mol. The van der Waals surface area contributed by atoms with Gasteiger partial charge in [0.1, 0.15) is 0 Å². The molecule has 4 nitrogen and oxygen atoms in total. The van der Waals surface area contributed by atoms with Crippen LogP contribution in [0.3, 0.4) is 0 Å². The Balaban J connectivity index is 3.56. The van der Waals surface area contributed by atoms with E-state index in [1.54, 1.807) is 13.8 Å². The number of carbonyl (C=O) groups is 1. The third-order valence-electron chi connectivity index (χ3n) is 2.61. The highest BCUT2D eigenvalue weighted by molar-refractivity contribution is 5.76. The van der Waals surface area contributed by atoms with Gasteiger partial charge in [-0.05, 0) is 46.5 Å². The van der Waals surface area contributed by atoms with Gasteiger partial charge in [-0.1, -0.05) is 6.92 Å². The van der Waals surface area contributed by atoms with Crippen molar-refractivity contribution in [3.8, 4) is 0 Å². The Morgan fingerprint density at radius 3 is 2.39 bits per heavy atom.